The molecule has 0 spiro atoms. The molecular weight excluding hydrogens is 540 g/mol. The molecule has 1 unspecified atom stereocenters. The molecule has 42 heavy (non-hydrogen) atoms. The second kappa shape index (κ2) is 13.8. The molecule has 2 heterocycles. The molecule has 1 saturated heterocycles. The van der Waals surface area contributed by atoms with Crippen LogP contribution in [-0.4, -0.2) is 103 Å². The maximum absolute atomic E-state index is 14.2. The van der Waals surface area contributed by atoms with E-state index in [9.17, 15) is 9.59 Å². The number of rotatable bonds is 13. The molecule has 12 nitrogen and oxygen atoms in total. The van der Waals surface area contributed by atoms with Crippen LogP contribution in [0.3, 0.4) is 0 Å². The SMILES string of the molecule is CCC(C)(C)NC(=O)C(c1cc(OC)c(OC)c(OC)c1)N(CCN1CCOCC1)C(=O)Cn1nnc2ccccc21. The van der Waals surface area contributed by atoms with Gasteiger partial charge in [0.25, 0.3) is 0 Å². The van der Waals surface area contributed by atoms with Crippen molar-refractivity contribution in [1.82, 2.24) is 30.1 Å². The van der Waals surface area contributed by atoms with Crippen LogP contribution in [0.1, 0.15) is 38.8 Å². The molecule has 0 saturated carbocycles. The lowest BCUT2D eigenvalue weighted by Gasteiger charge is -2.36. The normalized spacial score (nSPS) is 14.8. The van der Waals surface area contributed by atoms with Gasteiger partial charge < -0.3 is 29.2 Å². The van der Waals surface area contributed by atoms with Crippen LogP contribution in [0.5, 0.6) is 17.2 Å². The first-order chi connectivity index (χ1) is 20.2. The predicted octanol–water partition coefficient (Wildman–Crippen LogP) is 2.66. The fourth-order valence-electron chi connectivity index (χ4n) is 4.95. The Bertz CT molecular complexity index is 1340. The molecule has 1 aliphatic heterocycles. The molecule has 0 aliphatic carbocycles. The van der Waals surface area contributed by atoms with E-state index in [2.05, 4.69) is 20.5 Å². The molecular formula is C30H42N6O6. The molecule has 1 aliphatic rings. The lowest BCUT2D eigenvalue weighted by molar-refractivity contribution is -0.142. The second-order valence-corrected chi connectivity index (χ2v) is 10.9. The van der Waals surface area contributed by atoms with Crippen molar-refractivity contribution in [3.63, 3.8) is 0 Å². The first-order valence-electron chi connectivity index (χ1n) is 14.2. The van der Waals surface area contributed by atoms with Crippen LogP contribution in [0.2, 0.25) is 0 Å². The highest BCUT2D eigenvalue weighted by Crippen LogP contribution is 2.41. The summed E-state index contributed by atoms with van der Waals surface area (Å²) in [6.07, 6.45) is 0.702. The van der Waals surface area contributed by atoms with Gasteiger partial charge in [-0.3, -0.25) is 14.5 Å². The molecule has 1 N–H and O–H groups in total. The maximum atomic E-state index is 14.2. The molecule has 1 atom stereocenters. The minimum atomic E-state index is -0.993. The quantitative estimate of drug-likeness (QED) is 0.324. The number of amides is 2. The molecule has 12 heteroatoms. The monoisotopic (exact) mass is 582 g/mol. The Morgan fingerprint density at radius 1 is 1.07 bits per heavy atom. The zero-order chi connectivity index (χ0) is 30.3. The van der Waals surface area contributed by atoms with Gasteiger partial charge in [0.05, 0.1) is 40.1 Å². The van der Waals surface area contributed by atoms with Crippen LogP contribution >= 0.6 is 0 Å². The number of methoxy groups -OCH3 is 3. The number of carbonyl (C=O) groups excluding carboxylic acids is 2. The number of carbonyl (C=O) groups is 2. The lowest BCUT2D eigenvalue weighted by Crippen LogP contribution is -2.52. The number of para-hydroxylation sites is 1. The van der Waals surface area contributed by atoms with Crippen molar-refractivity contribution in [2.24, 2.45) is 0 Å². The molecule has 0 bridgehead atoms. The number of benzene rings is 2. The number of hydrogen-bond donors (Lipinski definition) is 1. The summed E-state index contributed by atoms with van der Waals surface area (Å²) in [5, 5.41) is 11.6. The van der Waals surface area contributed by atoms with E-state index in [0.717, 1.165) is 18.6 Å². The molecule has 1 fully saturated rings. The third-order valence-electron chi connectivity index (χ3n) is 7.69. The Morgan fingerprint density at radius 3 is 2.36 bits per heavy atom. The van der Waals surface area contributed by atoms with Gasteiger partial charge in [0.2, 0.25) is 17.6 Å². The smallest absolute Gasteiger partial charge is 0.247 e. The average Bonchev–Trinajstić information content (AvgIpc) is 3.41. The van der Waals surface area contributed by atoms with E-state index in [4.69, 9.17) is 18.9 Å². The number of hydrogen-bond acceptors (Lipinski definition) is 9. The van der Waals surface area contributed by atoms with Crippen LogP contribution in [0.15, 0.2) is 36.4 Å². The van der Waals surface area contributed by atoms with Crippen molar-refractivity contribution in [3.05, 3.63) is 42.0 Å². The van der Waals surface area contributed by atoms with Gasteiger partial charge >= 0.3 is 0 Å². The van der Waals surface area contributed by atoms with Crippen molar-refractivity contribution in [2.45, 2.75) is 45.3 Å². The summed E-state index contributed by atoms with van der Waals surface area (Å²) in [6, 6.07) is 9.93. The molecule has 2 aromatic carbocycles. The van der Waals surface area contributed by atoms with E-state index in [1.807, 2.05) is 45.0 Å². The minimum Gasteiger partial charge on any atom is -0.493 e. The van der Waals surface area contributed by atoms with E-state index in [1.165, 1.54) is 21.3 Å². The third-order valence-corrected chi connectivity index (χ3v) is 7.69. The Kier molecular flexibility index (Phi) is 10.2. The molecule has 0 radical (unpaired) electrons. The molecule has 3 aromatic rings. The van der Waals surface area contributed by atoms with E-state index in [-0.39, 0.29) is 18.4 Å². The molecule has 4 rings (SSSR count). The van der Waals surface area contributed by atoms with Gasteiger partial charge in [-0.05, 0) is 50.1 Å². The zero-order valence-corrected chi connectivity index (χ0v) is 25.4. The summed E-state index contributed by atoms with van der Waals surface area (Å²) in [4.78, 5) is 32.3. The van der Waals surface area contributed by atoms with Crippen LogP contribution in [0.4, 0.5) is 0 Å². The maximum Gasteiger partial charge on any atom is 0.247 e. The fraction of sp³-hybridized carbons (Fsp3) is 0.533. The summed E-state index contributed by atoms with van der Waals surface area (Å²) >= 11 is 0. The van der Waals surface area contributed by atoms with Gasteiger partial charge in [0.15, 0.2) is 11.5 Å². The third kappa shape index (κ3) is 7.11. The van der Waals surface area contributed by atoms with E-state index >= 15 is 0 Å². The van der Waals surface area contributed by atoms with E-state index < -0.39 is 11.6 Å². The van der Waals surface area contributed by atoms with Gasteiger partial charge in [-0.1, -0.05) is 24.3 Å². The highest BCUT2D eigenvalue weighted by molar-refractivity contribution is 5.90. The van der Waals surface area contributed by atoms with Crippen molar-refractivity contribution in [2.75, 3.05) is 60.7 Å². The highest BCUT2D eigenvalue weighted by atomic mass is 16.5. The topological polar surface area (TPSA) is 120 Å². The number of fused-ring (bicyclic) bond motifs is 1. The van der Waals surface area contributed by atoms with Gasteiger partial charge in [0, 0.05) is 31.7 Å². The van der Waals surface area contributed by atoms with Gasteiger partial charge in [-0.15, -0.1) is 5.10 Å². The standard InChI is InChI=1S/C30H42N6O6/c1-7-30(2,3)31-29(38)27(21-18-24(39-4)28(41-6)25(19-21)40-5)35(13-12-34-14-16-42-17-15-34)26(37)20-36-23-11-9-8-10-22(23)32-33-36/h8-11,18-19,27H,7,12-17,20H2,1-6H3,(H,31,38). The largest absolute Gasteiger partial charge is 0.493 e. The number of morpholine rings is 1. The predicted molar refractivity (Wildman–Crippen MR) is 158 cm³/mol. The Morgan fingerprint density at radius 2 is 1.74 bits per heavy atom. The molecule has 2 amide bonds. The first-order valence-corrected chi connectivity index (χ1v) is 14.2. The lowest BCUT2D eigenvalue weighted by atomic mass is 9.98. The second-order valence-electron chi connectivity index (χ2n) is 10.9. The van der Waals surface area contributed by atoms with Crippen LogP contribution in [0.25, 0.3) is 11.0 Å². The zero-order valence-electron chi connectivity index (χ0n) is 25.4. The molecule has 228 valence electrons. The van der Waals surface area contributed by atoms with Gasteiger partial charge in [-0.2, -0.15) is 0 Å². The summed E-state index contributed by atoms with van der Waals surface area (Å²) < 4.78 is 23.8. The molecule has 1 aromatic heterocycles. The van der Waals surface area contributed by atoms with Gasteiger partial charge in [-0.25, -0.2) is 4.68 Å². The van der Waals surface area contributed by atoms with Crippen molar-refractivity contribution >= 4 is 22.8 Å². The Balaban J connectivity index is 1.79. The van der Waals surface area contributed by atoms with Gasteiger partial charge in [0.1, 0.15) is 18.1 Å². The highest BCUT2D eigenvalue weighted by Gasteiger charge is 2.36. The Hall–Kier alpha value is -3.90. The summed E-state index contributed by atoms with van der Waals surface area (Å²) in [6.45, 7) is 9.45. The van der Waals surface area contributed by atoms with Crippen molar-refractivity contribution in [1.29, 1.82) is 0 Å². The van der Waals surface area contributed by atoms with Crippen LogP contribution in [-0.2, 0) is 20.9 Å². The first kappa shape index (κ1) is 31.0. The fourth-order valence-corrected chi connectivity index (χ4v) is 4.95. The van der Waals surface area contributed by atoms with Crippen LogP contribution in [0, 0.1) is 0 Å². The van der Waals surface area contributed by atoms with E-state index in [1.54, 1.807) is 21.7 Å². The minimum absolute atomic E-state index is 0.0883. The average molecular weight is 583 g/mol. The Labute approximate surface area is 246 Å². The number of aromatic nitrogens is 3. The number of nitrogens with zero attached hydrogens (tertiary/aromatic N) is 5. The van der Waals surface area contributed by atoms with Crippen molar-refractivity contribution < 1.29 is 28.5 Å². The summed E-state index contributed by atoms with van der Waals surface area (Å²) in [5.74, 6) is 0.596. The van der Waals surface area contributed by atoms with E-state index in [0.29, 0.717) is 61.1 Å². The van der Waals surface area contributed by atoms with Crippen LogP contribution < -0.4 is 19.5 Å². The number of nitrogens with one attached hydrogen (secondary N) is 1. The summed E-state index contributed by atoms with van der Waals surface area (Å²) in [7, 11) is 4.57. The number of ether oxygens (including phenoxy) is 4. The summed E-state index contributed by atoms with van der Waals surface area (Å²) in [5.41, 5.74) is 1.46. The van der Waals surface area contributed by atoms with Crippen molar-refractivity contribution in [3.8, 4) is 17.2 Å².